The second-order valence-corrected chi connectivity index (χ2v) is 2.36. The first-order chi connectivity index (χ1) is 6.39. The monoisotopic (exact) mass is 268 g/mol. The molecule has 0 N–H and O–H groups in total. The van der Waals surface area contributed by atoms with Crippen molar-refractivity contribution < 1.29 is 74.6 Å². The summed E-state index contributed by atoms with van der Waals surface area (Å²) in [5, 5.41) is 9.42. The summed E-state index contributed by atoms with van der Waals surface area (Å²) in [5.74, 6) is -23.5. The fourth-order valence-corrected chi connectivity index (χ4v) is 0.475. The van der Waals surface area contributed by atoms with Crippen molar-refractivity contribution in [1.29, 1.82) is 0 Å². The summed E-state index contributed by atoms with van der Waals surface area (Å²) in [6.07, 6.45) is -5.14. The first-order valence-corrected chi connectivity index (χ1v) is 3.02. The van der Waals surface area contributed by atoms with Crippen molar-refractivity contribution in [2.45, 2.75) is 24.2 Å². The summed E-state index contributed by atoms with van der Waals surface area (Å²) in [6, 6.07) is 0. The van der Waals surface area contributed by atoms with Gasteiger partial charge in [0.25, 0.3) is 0 Å². The van der Waals surface area contributed by atoms with Gasteiger partial charge in [-0.25, -0.2) is 8.78 Å². The van der Waals surface area contributed by atoms with Crippen LogP contribution in [0.1, 0.15) is 0 Å². The Labute approximate surface area is 105 Å². The maximum absolute atomic E-state index is 12.1. The Hall–Kier alpha value is -0.0900. The van der Waals surface area contributed by atoms with Crippen molar-refractivity contribution in [1.82, 2.24) is 0 Å². The van der Waals surface area contributed by atoms with E-state index in [0.717, 1.165) is 0 Å². The van der Waals surface area contributed by atoms with E-state index in [4.69, 9.17) is 0 Å². The number of alkyl halides is 8. The van der Waals surface area contributed by atoms with E-state index < -0.39 is 30.2 Å². The fraction of sp³-hybridized carbons (Fsp3) is 0.800. The third kappa shape index (κ3) is 2.59. The molecule has 0 aromatic carbocycles. The van der Waals surface area contributed by atoms with E-state index in [-0.39, 0.29) is 29.6 Å². The molecule has 0 saturated heterocycles. The number of carboxylic acid groups (broad SMARTS) is 1. The van der Waals surface area contributed by atoms with Gasteiger partial charge in [0.05, 0.1) is 0 Å². The second-order valence-electron chi connectivity index (χ2n) is 2.36. The number of rotatable bonds is 4. The van der Waals surface area contributed by atoms with Crippen molar-refractivity contribution in [3.05, 3.63) is 0 Å². The quantitative estimate of drug-likeness (QED) is 0.433. The Morgan fingerprint density at radius 2 is 1.31 bits per heavy atom. The molecule has 0 saturated carbocycles. The molecule has 2 nitrogen and oxygen atoms in total. The minimum Gasteiger partial charge on any atom is -0.544 e. The Balaban J connectivity index is 0. The maximum atomic E-state index is 12.1. The van der Waals surface area contributed by atoms with E-state index in [1.54, 1.807) is 0 Å². The van der Waals surface area contributed by atoms with Crippen LogP contribution in [0.15, 0.2) is 0 Å². The Morgan fingerprint density at radius 3 is 1.50 bits per heavy atom. The summed E-state index contributed by atoms with van der Waals surface area (Å²) < 4.78 is 94.5. The molecule has 0 aliphatic rings. The van der Waals surface area contributed by atoms with Crippen LogP contribution in [0.25, 0.3) is 0 Å². The van der Waals surface area contributed by atoms with Gasteiger partial charge in [0.1, 0.15) is 5.97 Å². The van der Waals surface area contributed by atoms with E-state index in [9.17, 15) is 45.0 Å². The van der Waals surface area contributed by atoms with E-state index >= 15 is 0 Å². The van der Waals surface area contributed by atoms with Crippen LogP contribution in [0.2, 0.25) is 0 Å². The zero-order valence-electron chi connectivity index (χ0n) is 7.42. The summed E-state index contributed by atoms with van der Waals surface area (Å²) >= 11 is 0. The van der Waals surface area contributed by atoms with Gasteiger partial charge in [0.2, 0.25) is 0 Å². The number of hydrogen-bond donors (Lipinski definition) is 0. The summed E-state index contributed by atoms with van der Waals surface area (Å²) in [5.41, 5.74) is 0. The van der Waals surface area contributed by atoms with E-state index in [2.05, 4.69) is 0 Å². The van der Waals surface area contributed by atoms with Crippen LogP contribution in [-0.2, 0) is 4.79 Å². The normalized spacial score (nSPS) is 13.6. The number of carbonyl (C=O) groups excluding carboxylic acids is 1. The van der Waals surface area contributed by atoms with Crippen LogP contribution in [-0.4, -0.2) is 30.2 Å². The van der Waals surface area contributed by atoms with Gasteiger partial charge in [-0.2, -0.15) is 26.3 Å². The van der Waals surface area contributed by atoms with Gasteiger partial charge in [0, 0.05) is 0 Å². The molecule has 11 heteroatoms. The molecule has 16 heavy (non-hydrogen) atoms. The van der Waals surface area contributed by atoms with Gasteiger partial charge in [-0.05, 0) is 0 Å². The summed E-state index contributed by atoms with van der Waals surface area (Å²) in [7, 11) is 0. The van der Waals surface area contributed by atoms with E-state index in [1.807, 2.05) is 0 Å². The average molecular weight is 268 g/mol. The number of hydrogen-bond acceptors (Lipinski definition) is 2. The molecular formula is C5HF8NaO2. The smallest absolute Gasteiger partial charge is 0.544 e. The van der Waals surface area contributed by atoms with Crippen LogP contribution in [0.3, 0.4) is 0 Å². The predicted molar refractivity (Wildman–Crippen MR) is 25.9 cm³/mol. The number of carbonyl (C=O) groups is 1. The van der Waals surface area contributed by atoms with Crippen molar-refractivity contribution in [3.63, 3.8) is 0 Å². The molecular weight excluding hydrogens is 267 g/mol. The zero-order valence-corrected chi connectivity index (χ0v) is 9.42. The molecule has 0 spiro atoms. The van der Waals surface area contributed by atoms with Crippen LogP contribution in [0.4, 0.5) is 35.1 Å². The topological polar surface area (TPSA) is 40.1 Å². The van der Waals surface area contributed by atoms with Gasteiger partial charge in [-0.15, -0.1) is 0 Å². The molecule has 0 heterocycles. The zero-order chi connectivity index (χ0) is 12.7. The van der Waals surface area contributed by atoms with Gasteiger partial charge in [-0.1, -0.05) is 0 Å². The number of carboxylic acids is 1. The first kappa shape index (κ1) is 18.3. The molecule has 0 bridgehead atoms. The molecule has 0 fully saturated rings. The third-order valence-corrected chi connectivity index (χ3v) is 1.34. The summed E-state index contributed by atoms with van der Waals surface area (Å²) in [4.78, 5) is 9.42. The van der Waals surface area contributed by atoms with E-state index in [0.29, 0.717) is 0 Å². The van der Waals surface area contributed by atoms with Crippen LogP contribution >= 0.6 is 0 Å². The molecule has 0 amide bonds. The van der Waals surface area contributed by atoms with Crippen LogP contribution < -0.4 is 34.7 Å². The molecule has 0 aromatic rings. The molecule has 0 aliphatic carbocycles. The minimum absolute atomic E-state index is 0. The molecule has 0 rings (SSSR count). The molecule has 0 aromatic heterocycles. The number of halogens is 8. The van der Waals surface area contributed by atoms with E-state index in [1.165, 1.54) is 0 Å². The standard InChI is InChI=1S/C5H2F8O2.Na/c6-1(7)3(8,9)5(12,13)4(10,11)2(14)15;/h1H,(H,14,15);/q;+1/p-1. The fourth-order valence-electron chi connectivity index (χ4n) is 0.475. The molecule has 0 radical (unpaired) electrons. The summed E-state index contributed by atoms with van der Waals surface area (Å²) in [6.45, 7) is 0. The molecule has 0 aliphatic heterocycles. The van der Waals surface area contributed by atoms with Crippen molar-refractivity contribution in [2.75, 3.05) is 0 Å². The molecule has 0 atom stereocenters. The molecule has 90 valence electrons. The third-order valence-electron chi connectivity index (χ3n) is 1.34. The minimum atomic E-state index is -6.74. The van der Waals surface area contributed by atoms with Crippen molar-refractivity contribution in [2.24, 2.45) is 0 Å². The molecule has 0 unspecified atom stereocenters. The largest absolute Gasteiger partial charge is 1.00 e. The van der Waals surface area contributed by atoms with Gasteiger partial charge in [0.15, 0.2) is 0 Å². The van der Waals surface area contributed by atoms with Crippen molar-refractivity contribution in [3.8, 4) is 0 Å². The van der Waals surface area contributed by atoms with Gasteiger partial charge < -0.3 is 9.90 Å². The first-order valence-electron chi connectivity index (χ1n) is 3.02. The number of aliphatic carboxylic acids is 1. The maximum Gasteiger partial charge on any atom is 1.00 e. The van der Waals surface area contributed by atoms with Gasteiger partial charge >= 0.3 is 53.8 Å². The van der Waals surface area contributed by atoms with Crippen molar-refractivity contribution >= 4 is 5.97 Å². The predicted octanol–water partition coefficient (Wildman–Crippen LogP) is -2.09. The van der Waals surface area contributed by atoms with Gasteiger partial charge in [-0.3, -0.25) is 0 Å². The second kappa shape index (κ2) is 5.05. The SMILES string of the molecule is O=C([O-])C(F)(F)C(F)(F)C(F)(F)C(F)F.[Na+]. The van der Waals surface area contributed by atoms with Crippen LogP contribution in [0, 0.1) is 0 Å². The average Bonchev–Trinajstić information content (AvgIpc) is 2.02. The Morgan fingerprint density at radius 1 is 1.00 bits per heavy atom. The Bertz CT molecular complexity index is 265. The van der Waals surface area contributed by atoms with Crippen LogP contribution in [0.5, 0.6) is 0 Å². The Kier molecular flexibility index (Phi) is 5.77.